The maximum atomic E-state index is 5.23. The lowest BCUT2D eigenvalue weighted by Crippen LogP contribution is -1.80. The summed E-state index contributed by atoms with van der Waals surface area (Å²) in [6.07, 6.45) is 5.85. The topological polar surface area (TPSA) is 12.9 Å². The van der Waals surface area contributed by atoms with Crippen molar-refractivity contribution in [2.75, 3.05) is 0 Å². The van der Waals surface area contributed by atoms with Crippen molar-refractivity contribution in [3.05, 3.63) is 40.7 Å². The number of benzene rings is 1. The fraction of sp³-hybridized carbons (Fsp3) is 0.0833. The maximum Gasteiger partial charge on any atom is 0.105 e. The number of thiazole rings is 1. The molecule has 1 aromatic carbocycles. The minimum Gasteiger partial charge on any atom is -0.240 e. The molecule has 0 aliphatic heterocycles. The van der Waals surface area contributed by atoms with Crippen LogP contribution in [-0.2, 0) is 6.42 Å². The molecule has 2 heteroatoms. The van der Waals surface area contributed by atoms with Crippen molar-refractivity contribution in [2.24, 2.45) is 0 Å². The van der Waals surface area contributed by atoms with E-state index >= 15 is 0 Å². The Morgan fingerprint density at radius 2 is 2.07 bits per heavy atom. The second-order valence-electron chi connectivity index (χ2n) is 2.87. The number of hydrogen-bond donors (Lipinski definition) is 0. The Hall–Kier alpha value is -1.59. The van der Waals surface area contributed by atoms with Crippen molar-refractivity contribution in [3.63, 3.8) is 0 Å². The average molecular weight is 199 g/mol. The van der Waals surface area contributed by atoms with Crippen LogP contribution in [0, 0.1) is 12.3 Å². The Labute approximate surface area is 87.4 Å². The fourth-order valence-electron chi connectivity index (χ4n) is 1.22. The van der Waals surface area contributed by atoms with E-state index in [0.29, 0.717) is 6.42 Å². The van der Waals surface area contributed by atoms with Crippen molar-refractivity contribution in [2.45, 2.75) is 6.42 Å². The van der Waals surface area contributed by atoms with E-state index in [4.69, 9.17) is 6.42 Å². The van der Waals surface area contributed by atoms with Gasteiger partial charge in [0.25, 0.3) is 0 Å². The molecule has 0 radical (unpaired) electrons. The van der Waals surface area contributed by atoms with Crippen LogP contribution in [0.15, 0.2) is 35.7 Å². The van der Waals surface area contributed by atoms with Crippen LogP contribution in [0.4, 0.5) is 0 Å². The van der Waals surface area contributed by atoms with Crippen LogP contribution in [0.1, 0.15) is 5.01 Å². The fourth-order valence-corrected chi connectivity index (χ4v) is 1.98. The smallest absolute Gasteiger partial charge is 0.105 e. The minimum atomic E-state index is 0.623. The third kappa shape index (κ3) is 1.84. The monoisotopic (exact) mass is 199 g/mol. The first-order valence-electron chi connectivity index (χ1n) is 4.33. The van der Waals surface area contributed by atoms with Gasteiger partial charge in [-0.25, -0.2) is 4.98 Å². The van der Waals surface area contributed by atoms with Gasteiger partial charge in [0.2, 0.25) is 0 Å². The molecule has 68 valence electrons. The van der Waals surface area contributed by atoms with E-state index in [1.165, 1.54) is 0 Å². The second kappa shape index (κ2) is 4.08. The molecule has 0 atom stereocenters. The molecule has 14 heavy (non-hydrogen) atoms. The van der Waals surface area contributed by atoms with Gasteiger partial charge in [-0.05, 0) is 0 Å². The van der Waals surface area contributed by atoms with Crippen LogP contribution >= 0.6 is 11.3 Å². The Bertz CT molecular complexity index is 451. The molecule has 0 fully saturated rings. The van der Waals surface area contributed by atoms with Crippen LogP contribution in [0.5, 0.6) is 0 Å². The summed E-state index contributed by atoms with van der Waals surface area (Å²) in [5.41, 5.74) is 2.16. The summed E-state index contributed by atoms with van der Waals surface area (Å²) in [4.78, 5) is 4.45. The maximum absolute atomic E-state index is 5.23. The number of hydrogen-bond acceptors (Lipinski definition) is 2. The Morgan fingerprint density at radius 3 is 2.79 bits per heavy atom. The number of terminal acetylenes is 1. The van der Waals surface area contributed by atoms with Crippen LogP contribution in [0.2, 0.25) is 0 Å². The normalized spacial score (nSPS) is 9.64. The third-order valence-corrected chi connectivity index (χ3v) is 2.72. The van der Waals surface area contributed by atoms with Crippen LogP contribution in [0.3, 0.4) is 0 Å². The zero-order valence-corrected chi connectivity index (χ0v) is 8.42. The van der Waals surface area contributed by atoms with Crippen molar-refractivity contribution < 1.29 is 0 Å². The molecule has 0 bridgehead atoms. The standard InChI is InChI=1S/C12H9NS/c1-2-6-12-13-11(9-14-12)10-7-4-3-5-8-10/h1,3-5,7-9H,6H2. The quantitative estimate of drug-likeness (QED) is 0.677. The highest BCUT2D eigenvalue weighted by Crippen LogP contribution is 2.21. The summed E-state index contributed by atoms with van der Waals surface area (Å²) >= 11 is 1.62. The third-order valence-electron chi connectivity index (χ3n) is 1.87. The zero-order chi connectivity index (χ0) is 9.80. The number of rotatable bonds is 2. The van der Waals surface area contributed by atoms with Gasteiger partial charge in [0.05, 0.1) is 12.1 Å². The van der Waals surface area contributed by atoms with E-state index in [1.807, 2.05) is 23.6 Å². The van der Waals surface area contributed by atoms with Gasteiger partial charge in [0, 0.05) is 10.9 Å². The summed E-state index contributed by atoms with van der Waals surface area (Å²) in [6.45, 7) is 0. The van der Waals surface area contributed by atoms with E-state index < -0.39 is 0 Å². The molecule has 1 aromatic heterocycles. The molecule has 1 nitrogen and oxygen atoms in total. The van der Waals surface area contributed by atoms with Gasteiger partial charge in [0.15, 0.2) is 0 Å². The van der Waals surface area contributed by atoms with Gasteiger partial charge in [-0.3, -0.25) is 0 Å². The minimum absolute atomic E-state index is 0.623. The molecule has 0 spiro atoms. The van der Waals surface area contributed by atoms with Crippen LogP contribution in [-0.4, -0.2) is 4.98 Å². The van der Waals surface area contributed by atoms with Gasteiger partial charge >= 0.3 is 0 Å². The highest BCUT2D eigenvalue weighted by atomic mass is 32.1. The van der Waals surface area contributed by atoms with E-state index in [-0.39, 0.29) is 0 Å². The van der Waals surface area contributed by atoms with Crippen molar-refractivity contribution in [3.8, 4) is 23.6 Å². The lowest BCUT2D eigenvalue weighted by atomic mass is 10.2. The molecule has 0 amide bonds. The molecule has 0 aliphatic carbocycles. The molecule has 0 saturated heterocycles. The highest BCUT2D eigenvalue weighted by molar-refractivity contribution is 7.10. The first-order valence-corrected chi connectivity index (χ1v) is 5.21. The van der Waals surface area contributed by atoms with E-state index in [2.05, 4.69) is 23.0 Å². The lowest BCUT2D eigenvalue weighted by molar-refractivity contribution is 1.22. The largest absolute Gasteiger partial charge is 0.240 e. The van der Waals surface area contributed by atoms with Gasteiger partial charge < -0.3 is 0 Å². The molecule has 0 N–H and O–H groups in total. The first-order chi connectivity index (χ1) is 6.90. The molecule has 2 rings (SSSR count). The molecule has 2 aromatic rings. The van der Waals surface area contributed by atoms with Crippen molar-refractivity contribution in [1.82, 2.24) is 4.98 Å². The van der Waals surface area contributed by atoms with E-state index in [9.17, 15) is 0 Å². The summed E-state index contributed by atoms with van der Waals surface area (Å²) in [5, 5.41) is 3.05. The molecular formula is C12H9NS. The van der Waals surface area contributed by atoms with Gasteiger partial charge in [-0.15, -0.1) is 17.8 Å². The number of nitrogens with zero attached hydrogens (tertiary/aromatic N) is 1. The molecule has 1 heterocycles. The Morgan fingerprint density at radius 1 is 1.29 bits per heavy atom. The summed E-state index contributed by atoms with van der Waals surface area (Å²) < 4.78 is 0. The summed E-state index contributed by atoms with van der Waals surface area (Å²) in [6, 6.07) is 10.1. The van der Waals surface area contributed by atoms with Crippen LogP contribution < -0.4 is 0 Å². The van der Waals surface area contributed by atoms with Crippen LogP contribution in [0.25, 0.3) is 11.3 Å². The Balaban J connectivity index is 2.31. The second-order valence-corrected chi connectivity index (χ2v) is 3.82. The predicted octanol–water partition coefficient (Wildman–Crippen LogP) is 2.99. The highest BCUT2D eigenvalue weighted by Gasteiger charge is 2.01. The predicted molar refractivity (Wildman–Crippen MR) is 60.1 cm³/mol. The average Bonchev–Trinajstić information content (AvgIpc) is 2.68. The van der Waals surface area contributed by atoms with Crippen molar-refractivity contribution >= 4 is 11.3 Å². The lowest BCUT2D eigenvalue weighted by Gasteiger charge is -1.93. The molecule has 0 unspecified atom stereocenters. The number of aromatic nitrogens is 1. The summed E-state index contributed by atoms with van der Waals surface area (Å²) in [5.74, 6) is 2.60. The van der Waals surface area contributed by atoms with Gasteiger partial charge in [0.1, 0.15) is 5.01 Å². The SMILES string of the molecule is C#CCc1nc(-c2ccccc2)cs1. The molecule has 0 saturated carbocycles. The first kappa shape index (κ1) is 8.98. The van der Waals surface area contributed by atoms with E-state index in [1.54, 1.807) is 11.3 Å². The van der Waals surface area contributed by atoms with Gasteiger partial charge in [-0.2, -0.15) is 0 Å². The molecule has 0 aliphatic rings. The van der Waals surface area contributed by atoms with Crippen molar-refractivity contribution in [1.29, 1.82) is 0 Å². The zero-order valence-electron chi connectivity index (χ0n) is 7.60. The van der Waals surface area contributed by atoms with E-state index in [0.717, 1.165) is 16.3 Å². The Kier molecular flexibility index (Phi) is 2.62. The molecular weight excluding hydrogens is 190 g/mol. The summed E-state index contributed by atoms with van der Waals surface area (Å²) in [7, 11) is 0. The van der Waals surface area contributed by atoms with Gasteiger partial charge in [-0.1, -0.05) is 36.3 Å².